The first-order valence-electron chi connectivity index (χ1n) is 23.3. The van der Waals surface area contributed by atoms with Crippen molar-refractivity contribution in [3.63, 3.8) is 0 Å². The first-order chi connectivity index (χ1) is 33.1. The molecule has 0 radical (unpaired) electrons. The molecule has 0 heterocycles. The predicted octanol–water partition coefficient (Wildman–Crippen LogP) is 18.2. The van der Waals surface area contributed by atoms with E-state index in [4.69, 9.17) is 0 Å². The number of hydrogen-bond acceptors (Lipinski definition) is 2. The van der Waals surface area contributed by atoms with Gasteiger partial charge in [-0.05, 0) is 128 Å². The molecule has 11 rings (SSSR count). The van der Waals surface area contributed by atoms with Crippen LogP contribution in [-0.4, -0.2) is 0 Å². The summed E-state index contributed by atoms with van der Waals surface area (Å²) >= 11 is 0. The lowest BCUT2D eigenvalue weighted by molar-refractivity contribution is 0.638. The van der Waals surface area contributed by atoms with E-state index in [1.807, 2.05) is 0 Å². The van der Waals surface area contributed by atoms with Gasteiger partial charge in [-0.3, -0.25) is 0 Å². The highest BCUT2D eigenvalue weighted by molar-refractivity contribution is 5.99. The number of hydrogen-bond donors (Lipinski definition) is 0. The van der Waals surface area contributed by atoms with E-state index in [0.717, 1.165) is 39.7 Å². The Balaban J connectivity index is 0.898. The fourth-order valence-electron chi connectivity index (χ4n) is 9.66. The van der Waals surface area contributed by atoms with E-state index in [1.165, 1.54) is 55.3 Å². The number of fused-ring (bicyclic) bond motifs is 1. The molecule has 0 spiro atoms. The Morgan fingerprint density at radius 3 is 1.22 bits per heavy atom. The van der Waals surface area contributed by atoms with Gasteiger partial charge in [-0.15, -0.1) is 0 Å². The Bertz CT molecular complexity index is 3300. The summed E-state index contributed by atoms with van der Waals surface area (Å²) in [7, 11) is 0. The molecule has 2 atom stereocenters. The second-order valence-corrected chi connectivity index (χ2v) is 17.4. The number of nitrogens with zero attached hydrogens (tertiary/aromatic N) is 2. The Labute approximate surface area is 394 Å². The molecule has 10 aromatic carbocycles. The Morgan fingerprint density at radius 2 is 0.701 bits per heavy atom. The number of allylic oxidation sites excluding steroid dienone is 4. The monoisotopic (exact) mass is 858 g/mol. The van der Waals surface area contributed by atoms with Gasteiger partial charge in [0.1, 0.15) is 0 Å². The Hall–Kier alpha value is -8.46. The van der Waals surface area contributed by atoms with Gasteiger partial charge >= 0.3 is 0 Å². The number of benzene rings is 10. The molecule has 10 aromatic rings. The van der Waals surface area contributed by atoms with Crippen molar-refractivity contribution in [2.75, 3.05) is 9.80 Å². The van der Waals surface area contributed by atoms with Crippen molar-refractivity contribution in [1.82, 2.24) is 0 Å². The minimum Gasteiger partial charge on any atom is -0.311 e. The standard InChI is InChI=1S/C65H50N2/c1-47-46-57(49-16-7-3-8-17-49)36-45-63(47)56-34-43-61(44-35-56)66(59-37-28-52(29-38-59)51-26-24-50(25-27-51)48-14-5-2-6-15-48)60-39-30-53(31-40-60)54-32-41-62(42-33-54)67(58-20-9-4-10-21-58)65-23-13-19-55-18-11-12-22-64(55)65/h2-47,63H,1H3. The zero-order valence-corrected chi connectivity index (χ0v) is 37.5. The predicted molar refractivity (Wildman–Crippen MR) is 285 cm³/mol. The molecule has 0 saturated heterocycles. The smallest absolute Gasteiger partial charge is 0.0540 e. The molecule has 0 saturated carbocycles. The number of rotatable bonds is 11. The second-order valence-electron chi connectivity index (χ2n) is 17.4. The average Bonchev–Trinajstić information content (AvgIpc) is 3.41. The minimum atomic E-state index is 0.306. The summed E-state index contributed by atoms with van der Waals surface area (Å²) < 4.78 is 0. The van der Waals surface area contributed by atoms with Crippen molar-refractivity contribution in [3.8, 4) is 33.4 Å². The molecule has 1 aliphatic carbocycles. The highest BCUT2D eigenvalue weighted by atomic mass is 15.1. The summed E-state index contributed by atoms with van der Waals surface area (Å²) in [6, 6.07) is 92.0. The third-order valence-electron chi connectivity index (χ3n) is 13.2. The first-order valence-corrected chi connectivity index (χ1v) is 23.3. The highest BCUT2D eigenvalue weighted by Gasteiger charge is 2.21. The van der Waals surface area contributed by atoms with Gasteiger partial charge in [-0.25, -0.2) is 0 Å². The molecule has 0 amide bonds. The average molecular weight is 859 g/mol. The van der Waals surface area contributed by atoms with E-state index >= 15 is 0 Å². The fraction of sp³-hybridized carbons (Fsp3) is 0.0462. The van der Waals surface area contributed by atoms with E-state index in [1.54, 1.807) is 0 Å². The number of para-hydroxylation sites is 1. The maximum Gasteiger partial charge on any atom is 0.0540 e. The second kappa shape index (κ2) is 18.6. The Kier molecular flexibility index (Phi) is 11.4. The molecule has 0 aliphatic heterocycles. The summed E-state index contributed by atoms with van der Waals surface area (Å²) in [4.78, 5) is 4.72. The van der Waals surface area contributed by atoms with Gasteiger partial charge in [0.2, 0.25) is 0 Å². The van der Waals surface area contributed by atoms with E-state index in [2.05, 4.69) is 290 Å². The summed E-state index contributed by atoms with van der Waals surface area (Å²) in [5.41, 5.74) is 17.7. The molecule has 2 heteroatoms. The Morgan fingerprint density at radius 1 is 0.313 bits per heavy atom. The maximum absolute atomic E-state index is 2.41. The lowest BCUT2D eigenvalue weighted by Crippen LogP contribution is -2.12. The van der Waals surface area contributed by atoms with Crippen LogP contribution in [0.3, 0.4) is 0 Å². The van der Waals surface area contributed by atoms with Crippen LogP contribution in [0.2, 0.25) is 0 Å². The maximum atomic E-state index is 2.41. The third-order valence-corrected chi connectivity index (χ3v) is 13.2. The molecule has 2 nitrogen and oxygen atoms in total. The van der Waals surface area contributed by atoms with Crippen molar-refractivity contribution >= 4 is 50.5 Å². The molecular weight excluding hydrogens is 809 g/mol. The molecule has 320 valence electrons. The van der Waals surface area contributed by atoms with E-state index in [9.17, 15) is 0 Å². The molecule has 2 unspecified atom stereocenters. The molecule has 0 N–H and O–H groups in total. The van der Waals surface area contributed by atoms with Crippen LogP contribution in [0.15, 0.2) is 273 Å². The van der Waals surface area contributed by atoms with Gasteiger partial charge in [0, 0.05) is 39.7 Å². The zero-order valence-electron chi connectivity index (χ0n) is 37.5. The van der Waals surface area contributed by atoms with Crippen LogP contribution >= 0.6 is 0 Å². The van der Waals surface area contributed by atoms with Crippen molar-refractivity contribution in [2.24, 2.45) is 5.92 Å². The third kappa shape index (κ3) is 8.61. The molecule has 0 fully saturated rings. The zero-order chi connectivity index (χ0) is 44.9. The number of anilines is 6. The van der Waals surface area contributed by atoms with Crippen LogP contribution in [0.1, 0.15) is 24.0 Å². The lowest BCUT2D eigenvalue weighted by Gasteiger charge is -2.28. The van der Waals surface area contributed by atoms with Crippen molar-refractivity contribution in [3.05, 3.63) is 284 Å². The van der Waals surface area contributed by atoms with Crippen LogP contribution in [0, 0.1) is 5.92 Å². The van der Waals surface area contributed by atoms with Gasteiger partial charge in [-0.1, -0.05) is 213 Å². The van der Waals surface area contributed by atoms with E-state index in [-0.39, 0.29) is 0 Å². The fourth-order valence-corrected chi connectivity index (χ4v) is 9.66. The van der Waals surface area contributed by atoms with Crippen LogP contribution in [0.25, 0.3) is 49.7 Å². The van der Waals surface area contributed by atoms with Gasteiger partial charge in [0.15, 0.2) is 0 Å². The molecule has 67 heavy (non-hydrogen) atoms. The van der Waals surface area contributed by atoms with Crippen molar-refractivity contribution in [1.29, 1.82) is 0 Å². The van der Waals surface area contributed by atoms with Gasteiger partial charge in [0.25, 0.3) is 0 Å². The lowest BCUT2D eigenvalue weighted by atomic mass is 9.81. The van der Waals surface area contributed by atoms with Gasteiger partial charge in [-0.2, -0.15) is 0 Å². The summed E-state index contributed by atoms with van der Waals surface area (Å²) in [6.07, 6.45) is 7.08. The van der Waals surface area contributed by atoms with Crippen molar-refractivity contribution in [2.45, 2.75) is 12.8 Å². The quantitative estimate of drug-likeness (QED) is 0.128. The van der Waals surface area contributed by atoms with Crippen LogP contribution in [-0.2, 0) is 0 Å². The van der Waals surface area contributed by atoms with Gasteiger partial charge < -0.3 is 9.80 Å². The normalized spacial score (nSPS) is 14.4. The summed E-state index contributed by atoms with van der Waals surface area (Å²) in [6.45, 7) is 2.33. The highest BCUT2D eigenvalue weighted by Crippen LogP contribution is 2.42. The summed E-state index contributed by atoms with van der Waals surface area (Å²) in [5, 5.41) is 2.44. The topological polar surface area (TPSA) is 6.48 Å². The van der Waals surface area contributed by atoms with Crippen molar-refractivity contribution < 1.29 is 0 Å². The summed E-state index contributed by atoms with van der Waals surface area (Å²) in [5.74, 6) is 0.678. The molecular formula is C65H50N2. The molecule has 1 aliphatic rings. The first kappa shape index (κ1) is 41.3. The minimum absolute atomic E-state index is 0.306. The van der Waals surface area contributed by atoms with E-state index in [0.29, 0.717) is 11.8 Å². The van der Waals surface area contributed by atoms with Crippen LogP contribution in [0.4, 0.5) is 34.1 Å². The SMILES string of the molecule is CC1C=C(c2ccccc2)C=CC1c1ccc(N(c2ccc(-c3ccc(-c4ccccc4)cc3)cc2)c2ccc(-c3ccc(N(c4ccccc4)c4cccc5ccccc45)cc3)cc2)cc1. The van der Waals surface area contributed by atoms with E-state index < -0.39 is 0 Å². The van der Waals surface area contributed by atoms with Crippen LogP contribution < -0.4 is 9.80 Å². The van der Waals surface area contributed by atoms with Gasteiger partial charge in [0.05, 0.1) is 5.69 Å². The molecule has 0 bridgehead atoms. The molecule has 0 aromatic heterocycles. The largest absolute Gasteiger partial charge is 0.311 e. The van der Waals surface area contributed by atoms with Crippen LogP contribution in [0.5, 0.6) is 0 Å².